The van der Waals surface area contributed by atoms with Gasteiger partial charge in [0.1, 0.15) is 5.52 Å². The lowest BCUT2D eigenvalue weighted by Gasteiger charge is -2.30. The van der Waals surface area contributed by atoms with Gasteiger partial charge in [-0.15, -0.1) is 0 Å². The Labute approximate surface area is 150 Å². The fourth-order valence-electron chi connectivity index (χ4n) is 3.38. The maximum Gasteiger partial charge on any atom is 0.253 e. The Morgan fingerprint density at radius 1 is 1.04 bits per heavy atom. The van der Waals surface area contributed by atoms with Crippen LogP contribution in [0.5, 0.6) is 0 Å². The molecule has 2 heterocycles. The Morgan fingerprint density at radius 2 is 1.77 bits per heavy atom. The summed E-state index contributed by atoms with van der Waals surface area (Å²) >= 11 is 0. The summed E-state index contributed by atoms with van der Waals surface area (Å²) in [6, 6.07) is 14.3. The summed E-state index contributed by atoms with van der Waals surface area (Å²) in [5.74, 6) is 0.343. The van der Waals surface area contributed by atoms with Crippen molar-refractivity contribution < 1.29 is 14.0 Å². The Kier molecular flexibility index (Phi) is 4.16. The van der Waals surface area contributed by atoms with E-state index in [1.165, 1.54) is 0 Å². The van der Waals surface area contributed by atoms with E-state index in [1.54, 1.807) is 29.2 Å². The lowest BCUT2D eigenvalue weighted by atomic mass is 9.96. The monoisotopic (exact) mass is 349 g/mol. The standard InChI is InChI=1S/C20H19N3O3/c21-18(24)14-4-3-5-15(12-14)20(25)23-10-8-13(9-11-23)19-22-16-6-1-2-7-17(16)26-19/h1-7,12-13H,8-11H2,(H2,21,24). The molecule has 6 heteroatoms. The van der Waals surface area contributed by atoms with Crippen LogP contribution < -0.4 is 5.73 Å². The van der Waals surface area contributed by atoms with Crippen LogP contribution in [0.4, 0.5) is 0 Å². The number of rotatable bonds is 3. The second kappa shape index (κ2) is 6.63. The number of likely N-dealkylation sites (tertiary alicyclic amines) is 1. The van der Waals surface area contributed by atoms with Gasteiger partial charge >= 0.3 is 0 Å². The van der Waals surface area contributed by atoms with E-state index < -0.39 is 5.91 Å². The van der Waals surface area contributed by atoms with Crippen LogP contribution in [-0.2, 0) is 0 Å². The van der Waals surface area contributed by atoms with Crippen LogP contribution in [0.2, 0.25) is 0 Å². The second-order valence-electron chi connectivity index (χ2n) is 6.53. The quantitative estimate of drug-likeness (QED) is 0.787. The van der Waals surface area contributed by atoms with E-state index in [0.29, 0.717) is 24.2 Å². The SMILES string of the molecule is NC(=O)c1cccc(C(=O)N2CCC(c3nc4ccccc4o3)CC2)c1. The number of aromatic nitrogens is 1. The zero-order valence-corrected chi connectivity index (χ0v) is 14.2. The molecule has 0 atom stereocenters. The number of carbonyl (C=O) groups is 2. The zero-order chi connectivity index (χ0) is 18.1. The minimum atomic E-state index is -0.533. The van der Waals surface area contributed by atoms with E-state index in [0.717, 1.165) is 29.8 Å². The molecule has 0 unspecified atom stereocenters. The number of benzene rings is 2. The summed E-state index contributed by atoms with van der Waals surface area (Å²) < 4.78 is 5.86. The van der Waals surface area contributed by atoms with Gasteiger partial charge in [-0.1, -0.05) is 18.2 Å². The fourth-order valence-corrected chi connectivity index (χ4v) is 3.38. The number of fused-ring (bicyclic) bond motifs is 1. The highest BCUT2D eigenvalue weighted by Crippen LogP contribution is 2.30. The van der Waals surface area contributed by atoms with E-state index in [-0.39, 0.29) is 11.8 Å². The Hall–Kier alpha value is -3.15. The first kappa shape index (κ1) is 16.3. The number of carbonyl (C=O) groups excluding carboxylic acids is 2. The zero-order valence-electron chi connectivity index (χ0n) is 14.2. The van der Waals surface area contributed by atoms with Gasteiger partial charge in [-0.3, -0.25) is 9.59 Å². The molecule has 1 fully saturated rings. The van der Waals surface area contributed by atoms with E-state index >= 15 is 0 Å². The van der Waals surface area contributed by atoms with E-state index in [1.807, 2.05) is 24.3 Å². The van der Waals surface area contributed by atoms with Crippen molar-refractivity contribution in [1.82, 2.24) is 9.88 Å². The number of para-hydroxylation sites is 2. The number of piperidine rings is 1. The molecule has 26 heavy (non-hydrogen) atoms. The van der Waals surface area contributed by atoms with Gasteiger partial charge in [-0.2, -0.15) is 0 Å². The normalized spacial score (nSPS) is 15.3. The summed E-state index contributed by atoms with van der Waals surface area (Å²) in [5, 5.41) is 0. The summed E-state index contributed by atoms with van der Waals surface area (Å²) in [5.41, 5.74) is 7.79. The Bertz CT molecular complexity index is 938. The summed E-state index contributed by atoms with van der Waals surface area (Å²) in [6.07, 6.45) is 1.60. The molecule has 1 aliphatic heterocycles. The highest BCUT2D eigenvalue weighted by atomic mass is 16.3. The number of hydrogen-bond acceptors (Lipinski definition) is 4. The highest BCUT2D eigenvalue weighted by molar-refractivity contribution is 5.99. The molecular formula is C20H19N3O3. The van der Waals surface area contributed by atoms with Gasteiger partial charge in [0.05, 0.1) is 0 Å². The predicted octanol–water partition coefficient (Wildman–Crippen LogP) is 2.95. The van der Waals surface area contributed by atoms with Gasteiger partial charge in [0, 0.05) is 30.1 Å². The molecule has 2 amide bonds. The maximum atomic E-state index is 12.7. The van der Waals surface area contributed by atoms with Crippen LogP contribution >= 0.6 is 0 Å². The summed E-state index contributed by atoms with van der Waals surface area (Å²) in [7, 11) is 0. The second-order valence-corrected chi connectivity index (χ2v) is 6.53. The molecule has 0 bridgehead atoms. The highest BCUT2D eigenvalue weighted by Gasteiger charge is 2.27. The molecule has 4 rings (SSSR count). The first-order chi connectivity index (χ1) is 12.6. The fraction of sp³-hybridized carbons (Fsp3) is 0.250. The predicted molar refractivity (Wildman–Crippen MR) is 96.8 cm³/mol. The van der Waals surface area contributed by atoms with Crippen molar-refractivity contribution >= 4 is 22.9 Å². The van der Waals surface area contributed by atoms with Crippen LogP contribution in [0, 0.1) is 0 Å². The molecule has 0 aliphatic carbocycles. The molecule has 1 aromatic heterocycles. The molecule has 1 saturated heterocycles. The van der Waals surface area contributed by atoms with Crippen LogP contribution in [0.3, 0.4) is 0 Å². The first-order valence-corrected chi connectivity index (χ1v) is 8.66. The van der Waals surface area contributed by atoms with Crippen molar-refractivity contribution in [2.24, 2.45) is 5.73 Å². The van der Waals surface area contributed by atoms with Crippen LogP contribution in [0.25, 0.3) is 11.1 Å². The molecule has 1 aliphatic rings. The first-order valence-electron chi connectivity index (χ1n) is 8.66. The van der Waals surface area contributed by atoms with E-state index in [4.69, 9.17) is 10.2 Å². The van der Waals surface area contributed by atoms with Gasteiger partial charge in [0.2, 0.25) is 5.91 Å². The summed E-state index contributed by atoms with van der Waals surface area (Å²) in [6.45, 7) is 1.26. The Balaban J connectivity index is 1.45. The van der Waals surface area contributed by atoms with Crippen molar-refractivity contribution in [3.63, 3.8) is 0 Å². The minimum absolute atomic E-state index is 0.0795. The maximum absolute atomic E-state index is 12.7. The minimum Gasteiger partial charge on any atom is -0.440 e. The number of primary amides is 1. The molecule has 2 aromatic carbocycles. The van der Waals surface area contributed by atoms with Crippen molar-refractivity contribution in [3.05, 3.63) is 65.5 Å². The number of amides is 2. The van der Waals surface area contributed by atoms with Crippen LogP contribution in [-0.4, -0.2) is 34.8 Å². The smallest absolute Gasteiger partial charge is 0.253 e. The lowest BCUT2D eigenvalue weighted by Crippen LogP contribution is -2.38. The van der Waals surface area contributed by atoms with Crippen molar-refractivity contribution in [2.75, 3.05) is 13.1 Å². The number of hydrogen-bond donors (Lipinski definition) is 1. The third-order valence-electron chi connectivity index (χ3n) is 4.84. The third kappa shape index (κ3) is 3.06. The molecule has 132 valence electrons. The van der Waals surface area contributed by atoms with Crippen molar-refractivity contribution in [2.45, 2.75) is 18.8 Å². The summed E-state index contributed by atoms with van der Waals surface area (Å²) in [4.78, 5) is 30.4. The number of nitrogens with two attached hydrogens (primary N) is 1. The van der Waals surface area contributed by atoms with Gasteiger partial charge in [-0.25, -0.2) is 4.98 Å². The Morgan fingerprint density at radius 3 is 2.50 bits per heavy atom. The molecule has 3 aromatic rings. The van der Waals surface area contributed by atoms with Gasteiger partial charge < -0.3 is 15.1 Å². The average molecular weight is 349 g/mol. The molecule has 2 N–H and O–H groups in total. The topological polar surface area (TPSA) is 89.4 Å². The average Bonchev–Trinajstić information content (AvgIpc) is 3.12. The molecule has 6 nitrogen and oxygen atoms in total. The largest absolute Gasteiger partial charge is 0.440 e. The van der Waals surface area contributed by atoms with Crippen molar-refractivity contribution in [1.29, 1.82) is 0 Å². The number of nitrogens with zero attached hydrogens (tertiary/aromatic N) is 2. The van der Waals surface area contributed by atoms with Gasteiger partial charge in [0.15, 0.2) is 11.5 Å². The molecule has 0 spiro atoms. The van der Waals surface area contributed by atoms with Gasteiger partial charge in [-0.05, 0) is 43.2 Å². The third-order valence-corrected chi connectivity index (χ3v) is 4.84. The van der Waals surface area contributed by atoms with Gasteiger partial charge in [0.25, 0.3) is 5.91 Å². The van der Waals surface area contributed by atoms with Crippen LogP contribution in [0.15, 0.2) is 52.9 Å². The number of oxazole rings is 1. The van der Waals surface area contributed by atoms with Crippen LogP contribution in [0.1, 0.15) is 45.4 Å². The van der Waals surface area contributed by atoms with E-state index in [9.17, 15) is 9.59 Å². The molecular weight excluding hydrogens is 330 g/mol. The molecule has 0 saturated carbocycles. The molecule has 0 radical (unpaired) electrons. The van der Waals surface area contributed by atoms with E-state index in [2.05, 4.69) is 4.98 Å². The van der Waals surface area contributed by atoms with Crippen molar-refractivity contribution in [3.8, 4) is 0 Å². The lowest BCUT2D eigenvalue weighted by molar-refractivity contribution is 0.0706.